The lowest BCUT2D eigenvalue weighted by atomic mass is 9.98. The lowest BCUT2D eigenvalue weighted by Gasteiger charge is -2.31. The molecule has 9 heteroatoms. The normalized spacial score (nSPS) is 16.0. The van der Waals surface area contributed by atoms with Crippen molar-refractivity contribution in [3.05, 3.63) is 48.3 Å². The summed E-state index contributed by atoms with van der Waals surface area (Å²) < 4.78 is 10.3. The quantitative estimate of drug-likeness (QED) is 0.591. The van der Waals surface area contributed by atoms with E-state index in [1.165, 1.54) is 0 Å². The molecule has 0 saturated carbocycles. The molecule has 0 aliphatic carbocycles. The molecular formula is C23H24N4O5. The van der Waals surface area contributed by atoms with Crippen LogP contribution in [0.25, 0.3) is 22.4 Å². The van der Waals surface area contributed by atoms with Crippen LogP contribution in [0.5, 0.6) is 0 Å². The maximum Gasteiger partial charge on any atom is 0.338 e. The van der Waals surface area contributed by atoms with Gasteiger partial charge in [-0.2, -0.15) is 0 Å². The molecule has 3 heterocycles. The molecule has 1 aromatic carbocycles. The molecule has 0 radical (unpaired) electrons. The van der Waals surface area contributed by atoms with Gasteiger partial charge in [-0.3, -0.25) is 14.6 Å². The number of carbonyl (C=O) groups is 3. The molecule has 9 nitrogen and oxygen atoms in total. The van der Waals surface area contributed by atoms with Gasteiger partial charge >= 0.3 is 11.9 Å². The Kier molecular flexibility index (Phi) is 6.44. The predicted molar refractivity (Wildman–Crippen MR) is 116 cm³/mol. The third-order valence-corrected chi connectivity index (χ3v) is 5.37. The topological polar surface area (TPSA) is 114 Å². The molecule has 3 aromatic rings. The summed E-state index contributed by atoms with van der Waals surface area (Å²) in [6.07, 6.45) is 4.78. The van der Waals surface area contributed by atoms with Crippen LogP contribution in [0, 0.1) is 5.92 Å². The fourth-order valence-electron chi connectivity index (χ4n) is 3.73. The van der Waals surface area contributed by atoms with E-state index in [0.29, 0.717) is 48.4 Å². The highest BCUT2D eigenvalue weighted by Gasteiger charge is 2.29. The van der Waals surface area contributed by atoms with Crippen molar-refractivity contribution in [3.8, 4) is 11.4 Å². The Morgan fingerprint density at radius 2 is 2.09 bits per heavy atom. The molecule has 1 aliphatic heterocycles. The summed E-state index contributed by atoms with van der Waals surface area (Å²) in [4.78, 5) is 50.3. The number of rotatable bonds is 6. The van der Waals surface area contributed by atoms with Gasteiger partial charge in [-0.15, -0.1) is 0 Å². The Hall–Kier alpha value is -3.75. The van der Waals surface area contributed by atoms with Crippen LogP contribution in [-0.2, 0) is 19.1 Å². The van der Waals surface area contributed by atoms with E-state index in [1.807, 2.05) is 12.1 Å². The number of H-pyrrole nitrogens is 1. The number of carbonyl (C=O) groups excluding carboxylic acids is 3. The van der Waals surface area contributed by atoms with E-state index in [0.717, 1.165) is 5.56 Å². The summed E-state index contributed by atoms with van der Waals surface area (Å²) in [5.41, 5.74) is 2.53. The molecule has 0 spiro atoms. The highest BCUT2D eigenvalue weighted by atomic mass is 16.5. The average molecular weight is 436 g/mol. The third-order valence-electron chi connectivity index (χ3n) is 5.37. The Balaban J connectivity index is 1.37. The molecule has 1 unspecified atom stereocenters. The van der Waals surface area contributed by atoms with Crippen molar-refractivity contribution in [2.45, 2.75) is 19.8 Å². The number of esters is 2. The number of hydrogen-bond acceptors (Lipinski definition) is 7. The number of nitrogens with zero attached hydrogens (tertiary/aromatic N) is 3. The van der Waals surface area contributed by atoms with Crippen molar-refractivity contribution >= 4 is 28.9 Å². The second-order valence-corrected chi connectivity index (χ2v) is 7.57. The van der Waals surface area contributed by atoms with E-state index in [-0.39, 0.29) is 30.9 Å². The Morgan fingerprint density at radius 3 is 2.88 bits per heavy atom. The summed E-state index contributed by atoms with van der Waals surface area (Å²) >= 11 is 0. The van der Waals surface area contributed by atoms with Crippen molar-refractivity contribution in [3.63, 3.8) is 0 Å². The monoisotopic (exact) mass is 436 g/mol. The van der Waals surface area contributed by atoms with Gasteiger partial charge in [-0.05, 0) is 50.1 Å². The van der Waals surface area contributed by atoms with Gasteiger partial charge in [-0.1, -0.05) is 0 Å². The predicted octanol–water partition coefficient (Wildman–Crippen LogP) is 2.58. The summed E-state index contributed by atoms with van der Waals surface area (Å²) in [6, 6.07) is 8.68. The first-order chi connectivity index (χ1) is 15.5. The molecule has 1 saturated heterocycles. The van der Waals surface area contributed by atoms with Gasteiger partial charge in [0.15, 0.2) is 6.61 Å². The molecule has 1 N–H and O–H groups in total. The molecule has 1 amide bonds. The molecule has 2 aromatic heterocycles. The fraction of sp³-hybridized carbons (Fsp3) is 0.348. The van der Waals surface area contributed by atoms with Crippen LogP contribution in [0.1, 0.15) is 30.1 Å². The van der Waals surface area contributed by atoms with Crippen LogP contribution < -0.4 is 0 Å². The number of benzene rings is 1. The number of nitrogens with one attached hydrogen (secondary N) is 1. The van der Waals surface area contributed by atoms with Crippen LogP contribution in [-0.4, -0.2) is 64.0 Å². The second-order valence-electron chi connectivity index (χ2n) is 7.57. The third kappa shape index (κ3) is 4.77. The Morgan fingerprint density at radius 1 is 1.22 bits per heavy atom. The van der Waals surface area contributed by atoms with E-state index in [1.54, 1.807) is 42.4 Å². The molecule has 0 bridgehead atoms. The SMILES string of the molecule is CCOC(=O)C1CCCN(C(=O)COC(=O)c2ccc3nc(-c4cccnc4)[nH]c3c2)C1. The van der Waals surface area contributed by atoms with Crippen molar-refractivity contribution in [1.29, 1.82) is 0 Å². The Labute approximate surface area is 184 Å². The summed E-state index contributed by atoms with van der Waals surface area (Å²) in [5.74, 6) is -0.902. The van der Waals surface area contributed by atoms with E-state index in [9.17, 15) is 14.4 Å². The number of imidazole rings is 1. The lowest BCUT2D eigenvalue weighted by Crippen LogP contribution is -2.44. The van der Waals surface area contributed by atoms with Gasteiger partial charge in [-0.25, -0.2) is 9.78 Å². The van der Waals surface area contributed by atoms with Gasteiger partial charge in [0, 0.05) is 31.0 Å². The average Bonchev–Trinajstić information content (AvgIpc) is 3.26. The Bertz CT molecular complexity index is 1130. The number of aromatic nitrogens is 3. The van der Waals surface area contributed by atoms with E-state index in [4.69, 9.17) is 9.47 Å². The van der Waals surface area contributed by atoms with Gasteiger partial charge < -0.3 is 19.4 Å². The first kappa shape index (κ1) is 21.5. The van der Waals surface area contributed by atoms with Crippen molar-refractivity contribution in [1.82, 2.24) is 19.9 Å². The summed E-state index contributed by atoms with van der Waals surface area (Å²) in [5, 5.41) is 0. The minimum Gasteiger partial charge on any atom is -0.466 e. The highest BCUT2D eigenvalue weighted by Crippen LogP contribution is 2.21. The van der Waals surface area contributed by atoms with E-state index in [2.05, 4.69) is 15.0 Å². The van der Waals surface area contributed by atoms with Gasteiger partial charge in [0.25, 0.3) is 5.91 Å². The number of pyridine rings is 1. The minimum atomic E-state index is -0.600. The smallest absolute Gasteiger partial charge is 0.338 e. The minimum absolute atomic E-state index is 0.284. The highest BCUT2D eigenvalue weighted by molar-refractivity contribution is 5.95. The molecule has 1 aliphatic rings. The van der Waals surface area contributed by atoms with Crippen LogP contribution in [0.2, 0.25) is 0 Å². The summed E-state index contributed by atoms with van der Waals surface area (Å²) in [6.45, 7) is 2.50. The largest absolute Gasteiger partial charge is 0.466 e. The second kappa shape index (κ2) is 9.59. The standard InChI is InChI=1S/C23H24N4O5/c1-2-31-23(30)17-6-4-10-27(13-17)20(28)14-32-22(29)15-7-8-18-19(11-15)26-21(25-18)16-5-3-9-24-12-16/h3,5,7-9,11-12,17H,2,4,6,10,13-14H2,1H3,(H,25,26). The number of aromatic amines is 1. The van der Waals surface area contributed by atoms with Crippen molar-refractivity contribution < 1.29 is 23.9 Å². The molecule has 4 rings (SSSR count). The number of hydrogen-bond donors (Lipinski definition) is 1. The van der Waals surface area contributed by atoms with Gasteiger partial charge in [0.1, 0.15) is 5.82 Å². The van der Waals surface area contributed by atoms with Crippen LogP contribution >= 0.6 is 0 Å². The number of piperidine rings is 1. The molecule has 1 atom stereocenters. The maximum atomic E-state index is 12.5. The van der Waals surface area contributed by atoms with Gasteiger partial charge in [0.05, 0.1) is 29.1 Å². The first-order valence-corrected chi connectivity index (χ1v) is 10.6. The number of ether oxygens (including phenoxy) is 2. The van der Waals surface area contributed by atoms with Crippen LogP contribution in [0.15, 0.2) is 42.7 Å². The fourth-order valence-corrected chi connectivity index (χ4v) is 3.73. The van der Waals surface area contributed by atoms with Gasteiger partial charge in [0.2, 0.25) is 0 Å². The molecule has 32 heavy (non-hydrogen) atoms. The maximum absolute atomic E-state index is 12.5. The molecular weight excluding hydrogens is 412 g/mol. The zero-order chi connectivity index (χ0) is 22.5. The van der Waals surface area contributed by atoms with E-state index < -0.39 is 5.97 Å². The van der Waals surface area contributed by atoms with Crippen LogP contribution in [0.3, 0.4) is 0 Å². The zero-order valence-corrected chi connectivity index (χ0v) is 17.7. The van der Waals surface area contributed by atoms with Crippen molar-refractivity contribution in [2.75, 3.05) is 26.3 Å². The summed E-state index contributed by atoms with van der Waals surface area (Å²) in [7, 11) is 0. The lowest BCUT2D eigenvalue weighted by molar-refractivity contribution is -0.151. The number of fused-ring (bicyclic) bond motifs is 1. The van der Waals surface area contributed by atoms with E-state index >= 15 is 0 Å². The number of likely N-dealkylation sites (tertiary alicyclic amines) is 1. The zero-order valence-electron chi connectivity index (χ0n) is 17.7. The molecule has 1 fully saturated rings. The molecule has 166 valence electrons. The van der Waals surface area contributed by atoms with Crippen molar-refractivity contribution in [2.24, 2.45) is 5.92 Å². The number of amides is 1. The van der Waals surface area contributed by atoms with Crippen LogP contribution in [0.4, 0.5) is 0 Å². The first-order valence-electron chi connectivity index (χ1n) is 10.6.